The summed E-state index contributed by atoms with van der Waals surface area (Å²) >= 11 is 1.47. The zero-order valence-electron chi connectivity index (χ0n) is 15.9. The number of benzene rings is 2. The number of aliphatic imine (C=N–C) groups is 1. The number of rotatable bonds is 5. The van der Waals surface area contributed by atoms with Crippen LogP contribution in [0.1, 0.15) is 23.7 Å². The molecule has 2 heterocycles. The van der Waals surface area contributed by atoms with E-state index in [-0.39, 0.29) is 5.56 Å². The van der Waals surface area contributed by atoms with Crippen molar-refractivity contribution in [1.29, 1.82) is 0 Å². The highest BCUT2D eigenvalue weighted by Crippen LogP contribution is 2.30. The second-order valence-corrected chi connectivity index (χ2v) is 7.46. The molecule has 2 aromatic carbocycles. The first-order chi connectivity index (χ1) is 13.5. The molecule has 0 atom stereocenters. The van der Waals surface area contributed by atoms with Gasteiger partial charge in [-0.2, -0.15) is 0 Å². The number of aryl methyl sites for hydroxylation is 2. The number of fused-ring (bicyclic) bond motifs is 1. The smallest absolute Gasteiger partial charge is 0.280 e. The van der Waals surface area contributed by atoms with Crippen LogP contribution in [-0.2, 0) is 0 Å². The predicted molar refractivity (Wildman–Crippen MR) is 114 cm³/mol. The fourth-order valence-electron chi connectivity index (χ4n) is 2.98. The Hall–Kier alpha value is -3.19. The summed E-state index contributed by atoms with van der Waals surface area (Å²) in [6, 6.07) is 13.6. The molecule has 28 heavy (non-hydrogen) atoms. The Kier molecular flexibility index (Phi) is 4.83. The van der Waals surface area contributed by atoms with Gasteiger partial charge in [-0.05, 0) is 56.7 Å². The first kappa shape index (κ1) is 18.2. The molecule has 0 aliphatic carbocycles. The van der Waals surface area contributed by atoms with E-state index in [0.29, 0.717) is 17.3 Å². The highest BCUT2D eigenvalue weighted by atomic mass is 32.1. The Morgan fingerprint density at radius 3 is 2.89 bits per heavy atom. The van der Waals surface area contributed by atoms with Gasteiger partial charge in [-0.1, -0.05) is 23.5 Å². The average Bonchev–Trinajstić information content (AvgIpc) is 3.20. The zero-order chi connectivity index (χ0) is 19.7. The molecule has 4 aromatic rings. The van der Waals surface area contributed by atoms with Crippen molar-refractivity contribution >= 4 is 32.9 Å². The molecule has 2 aromatic heterocycles. The maximum atomic E-state index is 12.8. The van der Waals surface area contributed by atoms with Crippen molar-refractivity contribution in [2.45, 2.75) is 20.8 Å². The van der Waals surface area contributed by atoms with Crippen molar-refractivity contribution in [1.82, 2.24) is 14.8 Å². The van der Waals surface area contributed by atoms with Crippen molar-refractivity contribution in [3.8, 4) is 11.4 Å². The van der Waals surface area contributed by atoms with E-state index in [1.54, 1.807) is 6.21 Å². The molecule has 6 nitrogen and oxygen atoms in total. The van der Waals surface area contributed by atoms with Crippen LogP contribution in [-0.4, -0.2) is 27.6 Å². The van der Waals surface area contributed by atoms with E-state index in [2.05, 4.69) is 15.1 Å². The predicted octanol–water partition coefficient (Wildman–Crippen LogP) is 4.54. The number of ether oxygens (including phenoxy) is 1. The molecule has 0 aliphatic heterocycles. The van der Waals surface area contributed by atoms with Gasteiger partial charge < -0.3 is 4.74 Å². The van der Waals surface area contributed by atoms with Gasteiger partial charge in [0.2, 0.25) is 5.13 Å². The maximum absolute atomic E-state index is 12.8. The summed E-state index contributed by atoms with van der Waals surface area (Å²) in [5.74, 6) is 0.816. The molecule has 0 spiro atoms. The third-order valence-electron chi connectivity index (χ3n) is 4.34. The van der Waals surface area contributed by atoms with Crippen LogP contribution in [0.15, 0.2) is 52.3 Å². The number of nitrogens with zero attached hydrogens (tertiary/aromatic N) is 3. The van der Waals surface area contributed by atoms with E-state index in [0.717, 1.165) is 32.9 Å². The molecule has 0 unspecified atom stereocenters. The highest BCUT2D eigenvalue weighted by Gasteiger charge is 2.11. The van der Waals surface area contributed by atoms with Gasteiger partial charge in [0.1, 0.15) is 5.75 Å². The average molecular weight is 392 g/mol. The van der Waals surface area contributed by atoms with E-state index in [4.69, 9.17) is 4.74 Å². The fourth-order valence-corrected chi connectivity index (χ4v) is 3.82. The molecule has 0 fully saturated rings. The quantitative estimate of drug-likeness (QED) is 0.507. The minimum atomic E-state index is -0.133. The molecule has 1 N–H and O–H groups in total. The SMILES string of the molecule is CCOc1ccc2nc(/N=C/c3c(C)[nH]n(-c4cccc(C)c4)c3=O)sc2c1. The van der Waals surface area contributed by atoms with Crippen LogP contribution < -0.4 is 10.3 Å². The third kappa shape index (κ3) is 3.48. The molecule has 0 bridgehead atoms. The molecule has 7 heteroatoms. The fraction of sp³-hybridized carbons (Fsp3) is 0.190. The molecular formula is C21H20N4O2S. The number of H-pyrrole nitrogens is 1. The highest BCUT2D eigenvalue weighted by molar-refractivity contribution is 7.22. The van der Waals surface area contributed by atoms with Gasteiger partial charge >= 0.3 is 0 Å². The molecular weight excluding hydrogens is 372 g/mol. The molecule has 0 amide bonds. The first-order valence-electron chi connectivity index (χ1n) is 9.01. The summed E-state index contributed by atoms with van der Waals surface area (Å²) < 4.78 is 8.07. The van der Waals surface area contributed by atoms with E-state index < -0.39 is 0 Å². The van der Waals surface area contributed by atoms with Crippen LogP contribution >= 0.6 is 11.3 Å². The largest absolute Gasteiger partial charge is 0.494 e. The van der Waals surface area contributed by atoms with Crippen molar-refractivity contribution in [2.24, 2.45) is 4.99 Å². The molecule has 0 radical (unpaired) electrons. The summed E-state index contributed by atoms with van der Waals surface area (Å²) in [7, 11) is 0. The number of aromatic amines is 1. The lowest BCUT2D eigenvalue weighted by Gasteiger charge is -2.02. The lowest BCUT2D eigenvalue weighted by atomic mass is 10.2. The minimum absolute atomic E-state index is 0.133. The third-order valence-corrected chi connectivity index (χ3v) is 5.27. The second kappa shape index (κ2) is 7.44. The second-order valence-electron chi connectivity index (χ2n) is 6.45. The summed E-state index contributed by atoms with van der Waals surface area (Å²) in [5, 5.41) is 3.72. The molecule has 0 saturated heterocycles. The van der Waals surface area contributed by atoms with E-state index >= 15 is 0 Å². The number of nitrogens with one attached hydrogen (secondary N) is 1. The number of hydrogen-bond donors (Lipinski definition) is 1. The minimum Gasteiger partial charge on any atom is -0.494 e. The molecule has 0 aliphatic rings. The van der Waals surface area contributed by atoms with Gasteiger partial charge in [0.25, 0.3) is 5.56 Å². The number of thiazole rings is 1. The lowest BCUT2D eigenvalue weighted by Crippen LogP contribution is -2.17. The van der Waals surface area contributed by atoms with Crippen LogP contribution in [0.3, 0.4) is 0 Å². The van der Waals surface area contributed by atoms with Gasteiger partial charge in [0.15, 0.2) is 0 Å². The van der Waals surface area contributed by atoms with Crippen LogP contribution in [0.25, 0.3) is 15.9 Å². The number of hydrogen-bond acceptors (Lipinski definition) is 5. The maximum Gasteiger partial charge on any atom is 0.280 e. The zero-order valence-corrected chi connectivity index (χ0v) is 16.7. The molecule has 4 rings (SSSR count). The van der Waals surface area contributed by atoms with E-state index in [1.807, 2.05) is 63.2 Å². The van der Waals surface area contributed by atoms with Crippen molar-refractivity contribution in [3.05, 3.63) is 69.6 Å². The summed E-state index contributed by atoms with van der Waals surface area (Å²) in [6.45, 7) is 6.43. The Balaban J connectivity index is 1.66. The normalized spacial score (nSPS) is 11.5. The van der Waals surface area contributed by atoms with Gasteiger partial charge in [0, 0.05) is 11.9 Å². The van der Waals surface area contributed by atoms with E-state index in [1.165, 1.54) is 16.0 Å². The van der Waals surface area contributed by atoms with Crippen molar-refractivity contribution < 1.29 is 4.74 Å². The van der Waals surface area contributed by atoms with E-state index in [9.17, 15) is 4.79 Å². The summed E-state index contributed by atoms with van der Waals surface area (Å²) in [6.07, 6.45) is 1.58. The Labute approximate surface area is 166 Å². The summed E-state index contributed by atoms with van der Waals surface area (Å²) in [4.78, 5) is 21.8. The monoisotopic (exact) mass is 392 g/mol. The van der Waals surface area contributed by atoms with Gasteiger partial charge in [-0.25, -0.2) is 14.7 Å². The standard InChI is InChI=1S/C21H20N4O2S/c1-4-27-16-8-9-18-19(11-16)28-21(23-18)22-12-17-14(3)24-25(20(17)26)15-7-5-6-13(2)10-15/h5-12,24H,4H2,1-3H3/b22-12+. The van der Waals surface area contributed by atoms with Crippen molar-refractivity contribution in [2.75, 3.05) is 6.61 Å². The van der Waals surface area contributed by atoms with Gasteiger partial charge in [0.05, 0.1) is 28.1 Å². The van der Waals surface area contributed by atoms with Gasteiger partial charge in [-0.15, -0.1) is 0 Å². The van der Waals surface area contributed by atoms with Crippen LogP contribution in [0.4, 0.5) is 5.13 Å². The Bertz CT molecular complexity index is 1230. The number of aromatic nitrogens is 3. The molecule has 142 valence electrons. The van der Waals surface area contributed by atoms with Gasteiger partial charge in [-0.3, -0.25) is 9.89 Å². The molecule has 0 saturated carbocycles. The Morgan fingerprint density at radius 1 is 1.25 bits per heavy atom. The Morgan fingerprint density at radius 2 is 2.11 bits per heavy atom. The van der Waals surface area contributed by atoms with Crippen LogP contribution in [0, 0.1) is 13.8 Å². The van der Waals surface area contributed by atoms with Crippen LogP contribution in [0.2, 0.25) is 0 Å². The van der Waals surface area contributed by atoms with Crippen LogP contribution in [0.5, 0.6) is 5.75 Å². The summed E-state index contributed by atoms with van der Waals surface area (Å²) in [5.41, 5.74) is 3.91. The topological polar surface area (TPSA) is 72.3 Å². The van der Waals surface area contributed by atoms with Crippen molar-refractivity contribution in [3.63, 3.8) is 0 Å². The first-order valence-corrected chi connectivity index (χ1v) is 9.83. The lowest BCUT2D eigenvalue weighted by molar-refractivity contribution is 0.341.